The fourth-order valence-electron chi connectivity index (χ4n) is 2.26. The maximum Gasteiger partial charge on any atom is 0.119 e. The molecule has 1 atom stereocenters. The zero-order chi connectivity index (χ0) is 14.2. The summed E-state index contributed by atoms with van der Waals surface area (Å²) in [5, 5.41) is 0. The van der Waals surface area contributed by atoms with Gasteiger partial charge in [-0.3, -0.25) is 0 Å². The quantitative estimate of drug-likeness (QED) is 0.609. The van der Waals surface area contributed by atoms with E-state index in [4.69, 9.17) is 4.74 Å². The monoisotopic (exact) mass is 332 g/mol. The Morgan fingerprint density at radius 2 is 1.70 bits per heavy atom. The van der Waals surface area contributed by atoms with Crippen LogP contribution >= 0.6 is 15.9 Å². The maximum absolute atomic E-state index is 5.72. The summed E-state index contributed by atoms with van der Waals surface area (Å²) >= 11 is 3.47. The SMILES string of the molecule is CC(CCCOc1ccccc1)Cc1ccc(Br)cc1. The van der Waals surface area contributed by atoms with E-state index >= 15 is 0 Å². The van der Waals surface area contributed by atoms with Crippen LogP contribution in [0, 0.1) is 5.92 Å². The van der Waals surface area contributed by atoms with Gasteiger partial charge in [0, 0.05) is 4.47 Å². The van der Waals surface area contributed by atoms with E-state index in [0.717, 1.165) is 29.7 Å². The molecule has 1 nitrogen and oxygen atoms in total. The van der Waals surface area contributed by atoms with E-state index in [2.05, 4.69) is 47.1 Å². The highest BCUT2D eigenvalue weighted by Crippen LogP contribution is 2.17. The summed E-state index contributed by atoms with van der Waals surface area (Å²) in [6.45, 7) is 3.11. The van der Waals surface area contributed by atoms with Crippen molar-refractivity contribution < 1.29 is 4.74 Å². The van der Waals surface area contributed by atoms with Crippen molar-refractivity contribution in [3.05, 3.63) is 64.6 Å². The maximum atomic E-state index is 5.72. The summed E-state index contributed by atoms with van der Waals surface area (Å²) in [5.41, 5.74) is 1.41. The van der Waals surface area contributed by atoms with Crippen molar-refractivity contribution >= 4 is 15.9 Å². The molecule has 0 radical (unpaired) electrons. The first-order valence-electron chi connectivity index (χ1n) is 7.16. The van der Waals surface area contributed by atoms with Crippen molar-refractivity contribution in [1.29, 1.82) is 0 Å². The zero-order valence-electron chi connectivity index (χ0n) is 11.9. The van der Waals surface area contributed by atoms with Gasteiger partial charge in [0.25, 0.3) is 0 Å². The minimum atomic E-state index is 0.690. The Morgan fingerprint density at radius 3 is 2.40 bits per heavy atom. The molecule has 0 saturated carbocycles. The minimum absolute atomic E-state index is 0.690. The predicted octanol–water partition coefficient (Wildman–Crippen LogP) is 5.49. The van der Waals surface area contributed by atoms with Crippen LogP contribution in [0.1, 0.15) is 25.3 Å². The van der Waals surface area contributed by atoms with Crippen LogP contribution in [-0.2, 0) is 6.42 Å². The number of para-hydroxylation sites is 1. The van der Waals surface area contributed by atoms with Gasteiger partial charge in [-0.15, -0.1) is 0 Å². The summed E-state index contributed by atoms with van der Waals surface area (Å²) in [5.74, 6) is 1.66. The second kappa shape index (κ2) is 8.11. The van der Waals surface area contributed by atoms with E-state index in [1.54, 1.807) is 0 Å². The number of hydrogen-bond donors (Lipinski definition) is 0. The highest BCUT2D eigenvalue weighted by Gasteiger charge is 2.04. The van der Waals surface area contributed by atoms with E-state index in [1.807, 2.05) is 30.3 Å². The van der Waals surface area contributed by atoms with Crippen molar-refractivity contribution in [2.75, 3.05) is 6.61 Å². The van der Waals surface area contributed by atoms with Crippen molar-refractivity contribution in [1.82, 2.24) is 0 Å². The molecule has 0 spiro atoms. The lowest BCUT2D eigenvalue weighted by Gasteiger charge is -2.12. The van der Waals surface area contributed by atoms with Crippen LogP contribution in [0.3, 0.4) is 0 Å². The van der Waals surface area contributed by atoms with Gasteiger partial charge in [0.2, 0.25) is 0 Å². The van der Waals surface area contributed by atoms with Crippen LogP contribution in [0.25, 0.3) is 0 Å². The molecule has 0 saturated heterocycles. The Hall–Kier alpha value is -1.28. The first-order chi connectivity index (χ1) is 9.74. The molecule has 2 aromatic rings. The molecule has 0 N–H and O–H groups in total. The highest BCUT2D eigenvalue weighted by atomic mass is 79.9. The molecule has 0 heterocycles. The minimum Gasteiger partial charge on any atom is -0.494 e. The normalized spacial score (nSPS) is 12.1. The number of rotatable bonds is 7. The van der Waals surface area contributed by atoms with Crippen LogP contribution in [-0.4, -0.2) is 6.61 Å². The summed E-state index contributed by atoms with van der Waals surface area (Å²) in [7, 11) is 0. The number of halogens is 1. The van der Waals surface area contributed by atoms with Gasteiger partial charge in [0.05, 0.1) is 6.61 Å². The van der Waals surface area contributed by atoms with E-state index in [1.165, 1.54) is 12.0 Å². The topological polar surface area (TPSA) is 9.23 Å². The number of benzene rings is 2. The molecule has 0 aliphatic carbocycles. The van der Waals surface area contributed by atoms with Crippen LogP contribution in [0.4, 0.5) is 0 Å². The smallest absolute Gasteiger partial charge is 0.119 e. The molecule has 0 aromatic heterocycles. The molecule has 0 fully saturated rings. The van der Waals surface area contributed by atoms with Gasteiger partial charge in [-0.1, -0.05) is 53.2 Å². The van der Waals surface area contributed by atoms with Crippen molar-refractivity contribution in [3.63, 3.8) is 0 Å². The lowest BCUT2D eigenvalue weighted by molar-refractivity contribution is 0.295. The van der Waals surface area contributed by atoms with Gasteiger partial charge in [-0.2, -0.15) is 0 Å². The van der Waals surface area contributed by atoms with E-state index in [0.29, 0.717) is 5.92 Å². The Labute approximate surface area is 130 Å². The summed E-state index contributed by atoms with van der Waals surface area (Å²) in [6, 6.07) is 18.6. The van der Waals surface area contributed by atoms with E-state index < -0.39 is 0 Å². The summed E-state index contributed by atoms with van der Waals surface area (Å²) in [4.78, 5) is 0. The van der Waals surface area contributed by atoms with Crippen LogP contribution in [0.15, 0.2) is 59.1 Å². The molecule has 106 valence electrons. The van der Waals surface area contributed by atoms with Crippen molar-refractivity contribution in [2.45, 2.75) is 26.2 Å². The van der Waals surface area contributed by atoms with E-state index in [-0.39, 0.29) is 0 Å². The van der Waals surface area contributed by atoms with Gasteiger partial charge in [0.15, 0.2) is 0 Å². The van der Waals surface area contributed by atoms with Crippen LogP contribution in [0.2, 0.25) is 0 Å². The first kappa shape index (κ1) is 15.1. The Bertz CT molecular complexity index is 493. The molecule has 2 rings (SSSR count). The molecule has 0 amide bonds. The van der Waals surface area contributed by atoms with Gasteiger partial charge in [-0.25, -0.2) is 0 Å². The number of hydrogen-bond acceptors (Lipinski definition) is 1. The standard InChI is InChI=1S/C18H21BrO/c1-15(14-16-9-11-17(19)12-10-16)6-5-13-20-18-7-3-2-4-8-18/h2-4,7-12,15H,5-6,13-14H2,1H3. The fraction of sp³-hybridized carbons (Fsp3) is 0.333. The molecule has 1 unspecified atom stereocenters. The summed E-state index contributed by atoms with van der Waals surface area (Å²) in [6.07, 6.45) is 3.44. The third kappa shape index (κ3) is 5.38. The molecule has 0 bridgehead atoms. The molecule has 0 aliphatic rings. The predicted molar refractivity (Wildman–Crippen MR) is 88.2 cm³/mol. The Balaban J connectivity index is 1.65. The molecular weight excluding hydrogens is 312 g/mol. The molecule has 2 aromatic carbocycles. The first-order valence-corrected chi connectivity index (χ1v) is 7.95. The van der Waals surface area contributed by atoms with Gasteiger partial charge < -0.3 is 4.74 Å². The average molecular weight is 333 g/mol. The average Bonchev–Trinajstić information content (AvgIpc) is 2.47. The van der Waals surface area contributed by atoms with E-state index in [9.17, 15) is 0 Å². The molecule has 0 aliphatic heterocycles. The fourth-order valence-corrected chi connectivity index (χ4v) is 2.53. The highest BCUT2D eigenvalue weighted by molar-refractivity contribution is 9.10. The lowest BCUT2D eigenvalue weighted by atomic mass is 9.97. The molecule has 2 heteroatoms. The molecular formula is C18H21BrO. The second-order valence-electron chi connectivity index (χ2n) is 5.24. The largest absolute Gasteiger partial charge is 0.494 e. The van der Waals surface area contributed by atoms with Crippen molar-refractivity contribution in [3.8, 4) is 5.75 Å². The Kier molecular flexibility index (Phi) is 6.13. The van der Waals surface area contributed by atoms with Gasteiger partial charge >= 0.3 is 0 Å². The zero-order valence-corrected chi connectivity index (χ0v) is 13.5. The number of ether oxygens (including phenoxy) is 1. The van der Waals surface area contributed by atoms with Crippen molar-refractivity contribution in [2.24, 2.45) is 5.92 Å². The van der Waals surface area contributed by atoms with Gasteiger partial charge in [-0.05, 0) is 55.0 Å². The van der Waals surface area contributed by atoms with Gasteiger partial charge in [0.1, 0.15) is 5.75 Å². The summed E-state index contributed by atoms with van der Waals surface area (Å²) < 4.78 is 6.86. The lowest BCUT2D eigenvalue weighted by Crippen LogP contribution is -2.04. The van der Waals surface area contributed by atoms with Crippen LogP contribution < -0.4 is 4.74 Å². The Morgan fingerprint density at radius 1 is 1.00 bits per heavy atom. The third-order valence-electron chi connectivity index (χ3n) is 3.35. The molecule has 20 heavy (non-hydrogen) atoms. The third-order valence-corrected chi connectivity index (χ3v) is 3.88. The van der Waals surface area contributed by atoms with Crippen LogP contribution in [0.5, 0.6) is 5.75 Å². The second-order valence-corrected chi connectivity index (χ2v) is 6.16.